The van der Waals surface area contributed by atoms with Crippen LogP contribution in [0.2, 0.25) is 0 Å². The molecular formula is C41H55N7O9. The average Bonchev–Trinajstić information content (AvgIpc) is 3.65. The quantitative estimate of drug-likeness (QED) is 0.200. The van der Waals surface area contributed by atoms with Crippen LogP contribution in [0.3, 0.4) is 0 Å². The summed E-state index contributed by atoms with van der Waals surface area (Å²) in [5.41, 5.74) is 1.04. The number of urea groups is 1. The molecule has 16 heteroatoms. The van der Waals surface area contributed by atoms with Crippen LogP contribution in [0, 0.1) is 5.92 Å². The molecule has 2 heterocycles. The summed E-state index contributed by atoms with van der Waals surface area (Å²) >= 11 is 0. The number of likely N-dealkylation sites (N-methyl/N-ethyl adjacent to an activating group) is 1. The molecule has 7 amide bonds. The first kappa shape index (κ1) is 42.6. The van der Waals surface area contributed by atoms with Crippen molar-refractivity contribution in [3.05, 3.63) is 60.2 Å². The van der Waals surface area contributed by atoms with Gasteiger partial charge in [0.05, 0.1) is 31.9 Å². The van der Waals surface area contributed by atoms with Gasteiger partial charge in [-0.2, -0.15) is 0 Å². The van der Waals surface area contributed by atoms with Crippen molar-refractivity contribution in [2.75, 3.05) is 45.7 Å². The number of anilines is 1. The number of ketones is 1. The maximum absolute atomic E-state index is 14.5. The zero-order chi connectivity index (χ0) is 40.9. The first-order valence-corrected chi connectivity index (χ1v) is 19.9. The predicted molar refractivity (Wildman–Crippen MR) is 210 cm³/mol. The van der Waals surface area contributed by atoms with Crippen LogP contribution in [0.1, 0.15) is 76.3 Å². The lowest BCUT2D eigenvalue weighted by atomic mass is 9.83. The molecule has 57 heavy (non-hydrogen) atoms. The van der Waals surface area contributed by atoms with E-state index in [2.05, 4.69) is 26.6 Å². The van der Waals surface area contributed by atoms with Gasteiger partial charge >= 0.3 is 6.03 Å². The van der Waals surface area contributed by atoms with Gasteiger partial charge in [-0.15, -0.1) is 0 Å². The number of fused-ring (bicyclic) bond motifs is 4. The summed E-state index contributed by atoms with van der Waals surface area (Å²) in [6, 6.07) is 10.8. The number of carbonyl (C=O) groups is 7. The lowest BCUT2D eigenvalue weighted by molar-refractivity contribution is -0.143. The predicted octanol–water partition coefficient (Wildman–Crippen LogP) is 2.44. The van der Waals surface area contributed by atoms with Crippen LogP contribution in [0.4, 0.5) is 10.5 Å². The van der Waals surface area contributed by atoms with Crippen LogP contribution in [0.15, 0.2) is 54.6 Å². The zero-order valence-electron chi connectivity index (χ0n) is 32.9. The van der Waals surface area contributed by atoms with Gasteiger partial charge in [0.1, 0.15) is 23.9 Å². The van der Waals surface area contributed by atoms with Gasteiger partial charge in [0.2, 0.25) is 29.4 Å². The van der Waals surface area contributed by atoms with Crippen LogP contribution in [0.5, 0.6) is 5.75 Å². The molecule has 1 aliphatic carbocycles. The van der Waals surface area contributed by atoms with Crippen LogP contribution in [0.25, 0.3) is 0 Å². The number of hydrogen-bond acceptors (Lipinski definition) is 9. The van der Waals surface area contributed by atoms with E-state index in [1.807, 2.05) is 0 Å². The highest BCUT2D eigenvalue weighted by Gasteiger charge is 2.45. The smallest absolute Gasteiger partial charge is 0.319 e. The van der Waals surface area contributed by atoms with E-state index in [0.29, 0.717) is 43.1 Å². The molecule has 2 fully saturated rings. The summed E-state index contributed by atoms with van der Waals surface area (Å²) in [6.07, 6.45) is 4.98. The summed E-state index contributed by atoms with van der Waals surface area (Å²) in [4.78, 5) is 97.2. The largest absolute Gasteiger partial charge is 0.493 e. The summed E-state index contributed by atoms with van der Waals surface area (Å²) in [5, 5.41) is 13.4. The molecule has 4 bridgehead atoms. The fourth-order valence-electron chi connectivity index (χ4n) is 7.54. The number of benzene rings is 2. The molecule has 2 aromatic carbocycles. The maximum atomic E-state index is 14.5. The van der Waals surface area contributed by atoms with Gasteiger partial charge in [-0.05, 0) is 42.9 Å². The van der Waals surface area contributed by atoms with E-state index in [9.17, 15) is 33.6 Å². The molecule has 3 aliphatic rings. The van der Waals surface area contributed by atoms with Crippen molar-refractivity contribution in [3.8, 4) is 5.75 Å². The highest BCUT2D eigenvalue weighted by atomic mass is 16.5. The number of ether oxygens (including phenoxy) is 2. The number of hydrogen-bond donors (Lipinski definition) is 5. The van der Waals surface area contributed by atoms with Crippen LogP contribution < -0.4 is 31.3 Å². The fourth-order valence-corrected chi connectivity index (χ4v) is 7.54. The number of nitrogens with zero attached hydrogens (tertiary/aromatic N) is 2. The number of carbonyl (C=O) groups excluding carboxylic acids is 7. The van der Waals surface area contributed by atoms with E-state index in [4.69, 9.17) is 9.47 Å². The van der Waals surface area contributed by atoms with Crippen molar-refractivity contribution >= 4 is 47.0 Å². The minimum atomic E-state index is -1.25. The number of rotatable bonds is 12. The second-order valence-electron chi connectivity index (χ2n) is 15.0. The molecule has 2 aromatic rings. The second kappa shape index (κ2) is 20.6. The molecule has 2 aliphatic heterocycles. The van der Waals surface area contributed by atoms with Crippen molar-refractivity contribution in [3.63, 3.8) is 0 Å². The highest BCUT2D eigenvalue weighted by Crippen LogP contribution is 2.30. The lowest BCUT2D eigenvalue weighted by Crippen LogP contribution is -2.58. The maximum Gasteiger partial charge on any atom is 0.319 e. The summed E-state index contributed by atoms with van der Waals surface area (Å²) in [7, 11) is 3.12. The molecule has 0 radical (unpaired) electrons. The summed E-state index contributed by atoms with van der Waals surface area (Å²) in [5.74, 6) is -3.76. The average molecular weight is 790 g/mol. The Hall–Kier alpha value is -5.51. The molecule has 5 atom stereocenters. The Labute approximate surface area is 333 Å². The van der Waals surface area contributed by atoms with E-state index in [1.54, 1.807) is 75.6 Å². The van der Waals surface area contributed by atoms with Crippen LogP contribution in [-0.4, -0.2) is 116 Å². The van der Waals surface area contributed by atoms with Gasteiger partial charge < -0.3 is 45.9 Å². The van der Waals surface area contributed by atoms with E-state index < -0.39 is 72.3 Å². The molecule has 0 aromatic heterocycles. The molecule has 1 saturated carbocycles. The molecule has 16 nitrogen and oxygen atoms in total. The van der Waals surface area contributed by atoms with Crippen molar-refractivity contribution in [1.82, 2.24) is 31.1 Å². The van der Waals surface area contributed by atoms with E-state index in [-0.39, 0.29) is 31.2 Å². The highest BCUT2D eigenvalue weighted by molar-refractivity contribution is 6.38. The van der Waals surface area contributed by atoms with Crippen LogP contribution >= 0.6 is 0 Å². The summed E-state index contributed by atoms with van der Waals surface area (Å²) < 4.78 is 12.0. The number of nitrogens with one attached hydrogen (secondary N) is 5. The lowest BCUT2D eigenvalue weighted by Gasteiger charge is -2.34. The van der Waals surface area contributed by atoms with E-state index in [1.165, 1.54) is 9.80 Å². The molecule has 5 rings (SSSR count). The van der Waals surface area contributed by atoms with Gasteiger partial charge in [-0.3, -0.25) is 28.8 Å². The normalized spacial score (nSPS) is 21.5. The van der Waals surface area contributed by atoms with Crippen molar-refractivity contribution in [2.45, 2.75) is 95.0 Å². The third kappa shape index (κ3) is 11.8. The van der Waals surface area contributed by atoms with Crippen LogP contribution in [-0.2, 0) is 33.5 Å². The monoisotopic (exact) mass is 789 g/mol. The molecule has 2 unspecified atom stereocenters. The number of Topliss-reactive ketones (excluding diaryl/α,β-unsaturated/α-hetero) is 1. The van der Waals surface area contributed by atoms with E-state index in [0.717, 1.165) is 32.1 Å². The molecule has 1 saturated heterocycles. The Balaban J connectivity index is 1.28. The Morgan fingerprint density at radius 1 is 0.930 bits per heavy atom. The van der Waals surface area contributed by atoms with Gasteiger partial charge in [0.25, 0.3) is 5.91 Å². The van der Waals surface area contributed by atoms with E-state index >= 15 is 0 Å². The Morgan fingerprint density at radius 3 is 2.40 bits per heavy atom. The molecule has 0 spiro atoms. The van der Waals surface area contributed by atoms with Gasteiger partial charge in [-0.1, -0.05) is 69.0 Å². The van der Waals surface area contributed by atoms with Gasteiger partial charge in [0.15, 0.2) is 0 Å². The first-order chi connectivity index (χ1) is 27.4. The minimum absolute atomic E-state index is 0.0889. The zero-order valence-corrected chi connectivity index (χ0v) is 32.9. The van der Waals surface area contributed by atoms with Gasteiger partial charge in [0, 0.05) is 45.2 Å². The fraction of sp³-hybridized carbons (Fsp3) is 0.537. The Morgan fingerprint density at radius 2 is 1.68 bits per heavy atom. The van der Waals surface area contributed by atoms with Crippen molar-refractivity contribution < 1.29 is 43.0 Å². The van der Waals surface area contributed by atoms with Crippen molar-refractivity contribution in [1.29, 1.82) is 0 Å². The third-order valence-electron chi connectivity index (χ3n) is 10.5. The topological polar surface area (TPSA) is 205 Å². The van der Waals surface area contributed by atoms with Crippen molar-refractivity contribution in [2.24, 2.45) is 5.92 Å². The summed E-state index contributed by atoms with van der Waals surface area (Å²) in [6.45, 7) is 1.93. The first-order valence-electron chi connectivity index (χ1n) is 19.9. The Kier molecular flexibility index (Phi) is 15.4. The molecule has 5 N–H and O–H groups in total. The Bertz CT molecular complexity index is 1750. The second-order valence-corrected chi connectivity index (χ2v) is 15.0. The standard InChI is InChI=1S/C41H55N7O9/c1-4-13-31(36(50)38(52)42-24-33(49)45-34(39(53)47(2)3)26-14-7-5-8-15-26)44-37(51)32-23-30-25-48(32)40(54)35(27-16-9-6-10-17-27)46-41(55)43-28-18-11-19-29(22-28)56-20-12-21-57-30/h5,7-8,11,14-15,18-19,22,27,30-32,34-35H,4,6,9-10,12-13,16-17,20-21,23-25H2,1-3H3,(H,42,52)(H,44,51)(H,45,49)(H2,43,46,55)/t30-,31?,32+,34+,35?/m1/s1. The molecule has 308 valence electrons. The number of amides is 7. The molecular weight excluding hydrogens is 734 g/mol. The minimum Gasteiger partial charge on any atom is -0.493 e. The third-order valence-corrected chi connectivity index (χ3v) is 10.5. The SMILES string of the molecule is CCCC(NC(=O)[C@@H]1C[C@@H]2CN1C(=O)C(C1CCCCC1)NC(=O)Nc1cccc(c1)OCCCO2)C(=O)C(=O)NCC(=O)N[C@H](C(=O)N(C)C)c1ccccc1. The van der Waals surface area contributed by atoms with Gasteiger partial charge in [-0.25, -0.2) is 4.79 Å².